The number of hydrogen-bond acceptors (Lipinski definition) is 7. The van der Waals surface area contributed by atoms with E-state index in [1.807, 2.05) is 19.1 Å². The third-order valence-corrected chi connectivity index (χ3v) is 5.21. The first-order valence-electron chi connectivity index (χ1n) is 10.3. The second kappa shape index (κ2) is 9.53. The van der Waals surface area contributed by atoms with Crippen LogP contribution in [0.4, 0.5) is 11.4 Å². The maximum atomic E-state index is 12.9. The Morgan fingerprint density at radius 1 is 0.941 bits per heavy atom. The number of carbonyl (C=O) groups is 2. The van der Waals surface area contributed by atoms with Crippen molar-refractivity contribution in [2.45, 2.75) is 13.5 Å². The molecule has 0 radical (unpaired) electrons. The first kappa shape index (κ1) is 22.6. The van der Waals surface area contributed by atoms with Crippen LogP contribution in [0, 0.1) is 6.92 Å². The SMILES string of the molecule is COc1ccccc1OCc1ccc(C(=O)Nc2cnn(C)c2C(=O)Nc2cnn(C)c2C)o1. The third kappa shape index (κ3) is 4.63. The van der Waals surface area contributed by atoms with Crippen molar-refractivity contribution in [1.82, 2.24) is 19.6 Å². The van der Waals surface area contributed by atoms with E-state index in [4.69, 9.17) is 13.9 Å². The van der Waals surface area contributed by atoms with E-state index in [1.54, 1.807) is 50.3 Å². The van der Waals surface area contributed by atoms with Gasteiger partial charge in [0.15, 0.2) is 17.3 Å². The third-order valence-electron chi connectivity index (χ3n) is 5.21. The summed E-state index contributed by atoms with van der Waals surface area (Å²) < 4.78 is 19.6. The lowest BCUT2D eigenvalue weighted by atomic mass is 10.3. The summed E-state index contributed by atoms with van der Waals surface area (Å²) in [5, 5.41) is 13.7. The number of ether oxygens (including phenoxy) is 2. The maximum absolute atomic E-state index is 12.9. The number of rotatable bonds is 8. The van der Waals surface area contributed by atoms with Gasteiger partial charge in [-0.15, -0.1) is 0 Å². The predicted molar refractivity (Wildman–Crippen MR) is 123 cm³/mol. The molecule has 0 atom stereocenters. The van der Waals surface area contributed by atoms with E-state index in [0.717, 1.165) is 5.69 Å². The van der Waals surface area contributed by atoms with Crippen LogP contribution in [0.3, 0.4) is 0 Å². The Labute approximate surface area is 195 Å². The van der Waals surface area contributed by atoms with Crippen molar-refractivity contribution >= 4 is 23.2 Å². The minimum absolute atomic E-state index is 0.0666. The van der Waals surface area contributed by atoms with Crippen molar-refractivity contribution in [3.05, 3.63) is 71.7 Å². The van der Waals surface area contributed by atoms with Gasteiger partial charge < -0.3 is 24.5 Å². The molecule has 0 bridgehead atoms. The number of anilines is 2. The number of aryl methyl sites for hydroxylation is 2. The Kier molecular flexibility index (Phi) is 6.35. The number of carbonyl (C=O) groups excluding carboxylic acids is 2. The second-order valence-corrected chi connectivity index (χ2v) is 7.41. The Balaban J connectivity index is 1.43. The zero-order valence-corrected chi connectivity index (χ0v) is 19.2. The van der Waals surface area contributed by atoms with Crippen LogP contribution in [0.15, 0.2) is 53.2 Å². The highest BCUT2D eigenvalue weighted by Crippen LogP contribution is 2.27. The van der Waals surface area contributed by atoms with Gasteiger partial charge in [-0.2, -0.15) is 10.2 Å². The molecule has 3 aromatic heterocycles. The standard InChI is InChI=1S/C23H24N6O5/c1-14-16(11-24-28(14)2)26-23(31)21-17(12-25-29(21)3)27-22(30)20-10-9-15(34-20)13-33-19-8-6-5-7-18(19)32-4/h5-12H,13H2,1-4H3,(H,26,31)(H,27,30). The average Bonchev–Trinajstić information content (AvgIpc) is 3.53. The normalized spacial score (nSPS) is 10.7. The highest BCUT2D eigenvalue weighted by molar-refractivity contribution is 6.11. The largest absolute Gasteiger partial charge is 0.493 e. The first-order valence-corrected chi connectivity index (χ1v) is 10.3. The molecule has 0 aliphatic rings. The lowest BCUT2D eigenvalue weighted by Crippen LogP contribution is -2.20. The molecule has 34 heavy (non-hydrogen) atoms. The Bertz CT molecular complexity index is 1340. The van der Waals surface area contributed by atoms with Crippen LogP contribution in [0.25, 0.3) is 0 Å². The lowest BCUT2D eigenvalue weighted by Gasteiger charge is -2.09. The highest BCUT2D eigenvalue weighted by atomic mass is 16.5. The molecule has 2 amide bonds. The van der Waals surface area contributed by atoms with Crippen LogP contribution in [0.1, 0.15) is 32.5 Å². The average molecular weight is 464 g/mol. The highest BCUT2D eigenvalue weighted by Gasteiger charge is 2.22. The smallest absolute Gasteiger partial charge is 0.291 e. The van der Waals surface area contributed by atoms with Gasteiger partial charge in [-0.25, -0.2) is 0 Å². The molecule has 0 spiro atoms. The molecule has 4 rings (SSSR count). The van der Waals surface area contributed by atoms with E-state index in [1.165, 1.54) is 16.9 Å². The van der Waals surface area contributed by atoms with Crippen molar-refractivity contribution in [2.24, 2.45) is 14.1 Å². The van der Waals surface area contributed by atoms with Crippen molar-refractivity contribution in [1.29, 1.82) is 0 Å². The van der Waals surface area contributed by atoms with Crippen LogP contribution in [-0.4, -0.2) is 38.5 Å². The number of benzene rings is 1. The maximum Gasteiger partial charge on any atom is 0.291 e. The van der Waals surface area contributed by atoms with Gasteiger partial charge in [-0.3, -0.25) is 19.0 Å². The fraction of sp³-hybridized carbons (Fsp3) is 0.217. The molecule has 11 heteroatoms. The summed E-state index contributed by atoms with van der Waals surface area (Å²) in [5.74, 6) is 0.710. The molecular formula is C23H24N6O5. The Hall–Kier alpha value is -4.54. The van der Waals surface area contributed by atoms with Crippen LogP contribution < -0.4 is 20.1 Å². The molecule has 0 saturated heterocycles. The topological polar surface area (TPSA) is 125 Å². The molecule has 11 nitrogen and oxygen atoms in total. The summed E-state index contributed by atoms with van der Waals surface area (Å²) in [6.07, 6.45) is 2.96. The number of amides is 2. The molecule has 1 aromatic carbocycles. The molecule has 0 aliphatic carbocycles. The molecule has 3 heterocycles. The first-order chi connectivity index (χ1) is 16.4. The van der Waals surface area contributed by atoms with Crippen molar-refractivity contribution in [3.8, 4) is 11.5 Å². The van der Waals surface area contributed by atoms with Gasteiger partial charge in [0, 0.05) is 14.1 Å². The van der Waals surface area contributed by atoms with Crippen molar-refractivity contribution in [2.75, 3.05) is 17.7 Å². The van der Waals surface area contributed by atoms with Crippen LogP contribution in [-0.2, 0) is 20.7 Å². The van der Waals surface area contributed by atoms with E-state index in [2.05, 4.69) is 20.8 Å². The summed E-state index contributed by atoms with van der Waals surface area (Å²) >= 11 is 0. The Morgan fingerprint density at radius 2 is 1.62 bits per heavy atom. The lowest BCUT2D eigenvalue weighted by molar-refractivity contribution is 0.0992. The minimum atomic E-state index is -0.525. The minimum Gasteiger partial charge on any atom is -0.493 e. The van der Waals surface area contributed by atoms with Gasteiger partial charge in [0.2, 0.25) is 0 Å². The number of para-hydroxylation sites is 2. The van der Waals surface area contributed by atoms with Gasteiger partial charge in [-0.05, 0) is 31.2 Å². The van der Waals surface area contributed by atoms with Crippen molar-refractivity contribution < 1.29 is 23.5 Å². The van der Waals surface area contributed by atoms with E-state index in [0.29, 0.717) is 22.9 Å². The van der Waals surface area contributed by atoms with Gasteiger partial charge in [0.25, 0.3) is 11.8 Å². The van der Waals surface area contributed by atoms with Gasteiger partial charge in [-0.1, -0.05) is 12.1 Å². The summed E-state index contributed by atoms with van der Waals surface area (Å²) in [5.41, 5.74) is 1.79. The number of nitrogens with one attached hydrogen (secondary N) is 2. The predicted octanol–water partition coefficient (Wildman–Crippen LogP) is 3.15. The quantitative estimate of drug-likeness (QED) is 0.410. The summed E-state index contributed by atoms with van der Waals surface area (Å²) in [6, 6.07) is 10.4. The van der Waals surface area contributed by atoms with E-state index in [-0.39, 0.29) is 23.7 Å². The molecule has 2 N–H and O–H groups in total. The summed E-state index contributed by atoms with van der Waals surface area (Å²) in [6.45, 7) is 1.94. The fourth-order valence-electron chi connectivity index (χ4n) is 3.25. The number of methoxy groups -OCH3 is 1. The second-order valence-electron chi connectivity index (χ2n) is 7.41. The molecule has 0 fully saturated rings. The number of furan rings is 1. The van der Waals surface area contributed by atoms with E-state index < -0.39 is 11.8 Å². The van der Waals surface area contributed by atoms with Crippen LogP contribution in [0.2, 0.25) is 0 Å². The molecule has 0 unspecified atom stereocenters. The molecular weight excluding hydrogens is 440 g/mol. The summed E-state index contributed by atoms with van der Waals surface area (Å²) in [4.78, 5) is 25.6. The monoisotopic (exact) mass is 464 g/mol. The molecule has 0 saturated carbocycles. The van der Waals surface area contributed by atoms with Crippen LogP contribution in [0.5, 0.6) is 11.5 Å². The van der Waals surface area contributed by atoms with Gasteiger partial charge in [0.05, 0.1) is 36.6 Å². The van der Waals surface area contributed by atoms with E-state index in [9.17, 15) is 9.59 Å². The zero-order valence-electron chi connectivity index (χ0n) is 19.2. The fourth-order valence-corrected chi connectivity index (χ4v) is 3.25. The number of aromatic nitrogens is 4. The van der Waals surface area contributed by atoms with Crippen LogP contribution >= 0.6 is 0 Å². The number of hydrogen-bond donors (Lipinski definition) is 2. The van der Waals surface area contributed by atoms with Gasteiger partial charge >= 0.3 is 0 Å². The zero-order chi connectivity index (χ0) is 24.2. The molecule has 176 valence electrons. The van der Waals surface area contributed by atoms with Gasteiger partial charge in [0.1, 0.15) is 18.1 Å². The van der Waals surface area contributed by atoms with E-state index >= 15 is 0 Å². The van der Waals surface area contributed by atoms with Crippen molar-refractivity contribution in [3.63, 3.8) is 0 Å². The summed E-state index contributed by atoms with van der Waals surface area (Å²) in [7, 11) is 4.95. The Morgan fingerprint density at radius 3 is 2.32 bits per heavy atom. The number of nitrogens with zero attached hydrogens (tertiary/aromatic N) is 4. The molecule has 0 aliphatic heterocycles. The molecule has 4 aromatic rings.